The molecule has 6 heteroatoms. The predicted octanol–water partition coefficient (Wildman–Crippen LogP) is 4.90. The fourth-order valence-electron chi connectivity index (χ4n) is 3.51. The first kappa shape index (κ1) is 18.9. The molecule has 0 spiro atoms. The van der Waals surface area contributed by atoms with Crippen LogP contribution in [-0.4, -0.2) is 10.8 Å². The summed E-state index contributed by atoms with van der Waals surface area (Å²) in [6.45, 7) is 0. The number of carbonyl (C=O) groups excluding carboxylic acids is 1. The molecule has 0 aliphatic heterocycles. The Hall–Kier alpha value is -5.12. The fourth-order valence-corrected chi connectivity index (χ4v) is 3.51. The molecular formula is C26H11N3O3. The first-order valence-electron chi connectivity index (χ1n) is 9.56. The summed E-state index contributed by atoms with van der Waals surface area (Å²) in [7, 11) is 0. The molecule has 32 heavy (non-hydrogen) atoms. The van der Waals surface area contributed by atoms with Crippen molar-refractivity contribution in [1.82, 2.24) is 4.98 Å². The number of benzene rings is 2. The Kier molecular flexibility index (Phi) is 4.49. The van der Waals surface area contributed by atoms with Gasteiger partial charge in [-0.05, 0) is 29.7 Å². The summed E-state index contributed by atoms with van der Waals surface area (Å²) in [5.41, 5.74) is 2.80. The molecule has 0 amide bonds. The van der Waals surface area contributed by atoms with Gasteiger partial charge in [0.1, 0.15) is 23.5 Å². The number of carbonyl (C=O) groups is 1. The lowest BCUT2D eigenvalue weighted by atomic mass is 9.99. The van der Waals surface area contributed by atoms with Crippen molar-refractivity contribution in [3.8, 4) is 24.0 Å². The predicted molar refractivity (Wildman–Crippen MR) is 116 cm³/mol. The topological polar surface area (TPSA) is 104 Å². The summed E-state index contributed by atoms with van der Waals surface area (Å²) in [5.74, 6) is 6.05. The van der Waals surface area contributed by atoms with Crippen LogP contribution < -0.4 is 0 Å². The molecule has 2 aromatic heterocycles. The smallest absolute Gasteiger partial charge is 0.277 e. The van der Waals surface area contributed by atoms with Crippen LogP contribution in [0.5, 0.6) is 0 Å². The maximum Gasteiger partial charge on any atom is 0.277 e. The molecular weight excluding hydrogens is 402 g/mol. The third-order valence-electron chi connectivity index (χ3n) is 4.91. The average Bonchev–Trinajstić information content (AvgIpc) is 3.46. The molecule has 0 atom stereocenters. The van der Waals surface area contributed by atoms with Gasteiger partial charge in [-0.2, -0.15) is 15.5 Å². The molecule has 0 unspecified atom stereocenters. The molecule has 0 N–H and O–H groups in total. The van der Waals surface area contributed by atoms with Gasteiger partial charge in [-0.25, -0.2) is 0 Å². The second-order valence-corrected chi connectivity index (χ2v) is 6.86. The summed E-state index contributed by atoms with van der Waals surface area (Å²) in [4.78, 5) is 17.2. The Morgan fingerprint density at radius 2 is 1.62 bits per heavy atom. The van der Waals surface area contributed by atoms with E-state index in [1.807, 2.05) is 42.5 Å². The van der Waals surface area contributed by atoms with Gasteiger partial charge in [0.05, 0.1) is 0 Å². The maximum absolute atomic E-state index is 13.0. The minimum atomic E-state index is -0.283. The van der Waals surface area contributed by atoms with Gasteiger partial charge in [0, 0.05) is 28.3 Å². The van der Waals surface area contributed by atoms with E-state index in [4.69, 9.17) is 8.83 Å². The lowest BCUT2D eigenvalue weighted by molar-refractivity contribution is 0.104. The van der Waals surface area contributed by atoms with Crippen LogP contribution in [-0.2, 0) is 0 Å². The van der Waals surface area contributed by atoms with E-state index in [0.29, 0.717) is 28.0 Å². The van der Waals surface area contributed by atoms with E-state index in [1.54, 1.807) is 30.3 Å². The first-order valence-corrected chi connectivity index (χ1v) is 9.56. The minimum Gasteiger partial charge on any atom is -0.436 e. The van der Waals surface area contributed by atoms with Crippen LogP contribution in [0.1, 0.15) is 33.1 Å². The van der Waals surface area contributed by atoms with Crippen LogP contribution in [0.2, 0.25) is 0 Å². The molecule has 1 aliphatic rings. The summed E-state index contributed by atoms with van der Waals surface area (Å²) >= 11 is 0. The number of rotatable bonds is 1. The minimum absolute atomic E-state index is 0.138. The van der Waals surface area contributed by atoms with E-state index >= 15 is 0 Å². The molecule has 5 rings (SSSR count). The number of oxazole rings is 1. The van der Waals surface area contributed by atoms with Crippen LogP contribution in [0, 0.1) is 34.5 Å². The standard InChI is InChI=1S/C26H11N3O3/c27-14-17(15-28)24-19-8-4-5-9-20(19)25(30)21(24)12-18-13-22-26(31-18)29-23(32-22)11-10-16-6-2-1-3-7-16/h1-9,12-13H/b21-12-. The summed E-state index contributed by atoms with van der Waals surface area (Å²) in [6, 6.07) is 21.7. The average molecular weight is 413 g/mol. The molecule has 2 aromatic carbocycles. The van der Waals surface area contributed by atoms with Crippen LogP contribution >= 0.6 is 0 Å². The summed E-state index contributed by atoms with van der Waals surface area (Å²) < 4.78 is 11.3. The number of hydrogen-bond acceptors (Lipinski definition) is 6. The Labute approximate surface area is 182 Å². The quantitative estimate of drug-likeness (QED) is 0.250. The number of Topliss-reactive ketones (excluding diaryl/α,β-unsaturated/α-hetero) is 1. The van der Waals surface area contributed by atoms with Gasteiger partial charge in [0.25, 0.3) is 11.6 Å². The van der Waals surface area contributed by atoms with Crippen molar-refractivity contribution < 1.29 is 13.6 Å². The van der Waals surface area contributed by atoms with Gasteiger partial charge in [-0.15, -0.1) is 0 Å². The van der Waals surface area contributed by atoms with Crippen molar-refractivity contribution in [3.63, 3.8) is 0 Å². The highest BCUT2D eigenvalue weighted by molar-refractivity contribution is 6.29. The number of aromatic nitrogens is 1. The van der Waals surface area contributed by atoms with Crippen molar-refractivity contribution >= 4 is 28.7 Å². The largest absolute Gasteiger partial charge is 0.436 e. The Morgan fingerprint density at radius 1 is 0.906 bits per heavy atom. The van der Waals surface area contributed by atoms with Crippen molar-refractivity contribution in [2.45, 2.75) is 0 Å². The van der Waals surface area contributed by atoms with Crippen LogP contribution in [0.4, 0.5) is 0 Å². The van der Waals surface area contributed by atoms with Crippen molar-refractivity contribution in [1.29, 1.82) is 10.5 Å². The van der Waals surface area contributed by atoms with E-state index in [-0.39, 0.29) is 28.5 Å². The van der Waals surface area contributed by atoms with Gasteiger partial charge >= 0.3 is 0 Å². The molecule has 0 saturated heterocycles. The summed E-state index contributed by atoms with van der Waals surface area (Å²) in [5, 5.41) is 18.8. The Morgan fingerprint density at radius 3 is 2.34 bits per heavy atom. The zero-order chi connectivity index (χ0) is 22.1. The highest BCUT2D eigenvalue weighted by atomic mass is 16.4. The van der Waals surface area contributed by atoms with Crippen molar-refractivity contribution in [2.24, 2.45) is 0 Å². The molecule has 0 bridgehead atoms. The van der Waals surface area contributed by atoms with Gasteiger partial charge in [0.15, 0.2) is 11.4 Å². The lowest BCUT2D eigenvalue weighted by Crippen LogP contribution is -1.95. The Balaban J connectivity index is 1.54. The second-order valence-electron chi connectivity index (χ2n) is 6.86. The highest BCUT2D eigenvalue weighted by Gasteiger charge is 2.32. The van der Waals surface area contributed by atoms with Gasteiger partial charge in [0.2, 0.25) is 0 Å². The maximum atomic E-state index is 13.0. The van der Waals surface area contributed by atoms with Crippen molar-refractivity contribution in [2.75, 3.05) is 0 Å². The zero-order valence-corrected chi connectivity index (χ0v) is 16.4. The van der Waals surface area contributed by atoms with Crippen LogP contribution in [0.3, 0.4) is 0 Å². The lowest BCUT2D eigenvalue weighted by Gasteiger charge is -2.00. The second kappa shape index (κ2) is 7.61. The van der Waals surface area contributed by atoms with E-state index in [1.165, 1.54) is 6.08 Å². The highest BCUT2D eigenvalue weighted by Crippen LogP contribution is 2.40. The number of ketones is 1. The van der Waals surface area contributed by atoms with Crippen molar-refractivity contribution in [3.05, 3.63) is 100 Å². The number of allylic oxidation sites excluding steroid dienone is 3. The molecule has 0 radical (unpaired) electrons. The molecule has 4 aromatic rings. The van der Waals surface area contributed by atoms with E-state index in [2.05, 4.69) is 16.8 Å². The van der Waals surface area contributed by atoms with Crippen LogP contribution in [0.15, 0.2) is 80.6 Å². The van der Waals surface area contributed by atoms with E-state index in [9.17, 15) is 15.3 Å². The van der Waals surface area contributed by atoms with Gasteiger partial charge < -0.3 is 8.83 Å². The summed E-state index contributed by atoms with van der Waals surface area (Å²) in [6.07, 6.45) is 1.50. The molecule has 1 aliphatic carbocycles. The van der Waals surface area contributed by atoms with E-state index in [0.717, 1.165) is 5.56 Å². The number of furan rings is 1. The SMILES string of the molecule is N#CC(C#N)=C1/C(=C/c2cc3oc(C#Cc4ccccc4)nc3o2)C(=O)c2ccccc21. The third-order valence-corrected chi connectivity index (χ3v) is 4.91. The molecule has 0 fully saturated rings. The molecule has 0 saturated carbocycles. The van der Waals surface area contributed by atoms with Gasteiger partial charge in [-0.1, -0.05) is 48.4 Å². The van der Waals surface area contributed by atoms with Gasteiger partial charge in [-0.3, -0.25) is 4.79 Å². The third kappa shape index (κ3) is 3.17. The number of hydrogen-bond donors (Lipinski definition) is 0. The van der Waals surface area contributed by atoms with E-state index < -0.39 is 0 Å². The molecule has 2 heterocycles. The molecule has 148 valence electrons. The Bertz CT molecular complexity index is 1560. The zero-order valence-electron chi connectivity index (χ0n) is 16.4. The van der Waals surface area contributed by atoms with Crippen LogP contribution in [0.25, 0.3) is 22.9 Å². The first-order chi connectivity index (χ1) is 15.7. The number of nitrogens with zero attached hydrogens (tertiary/aromatic N) is 3. The normalized spacial score (nSPS) is 13.4. The number of nitriles is 2. The fraction of sp³-hybridized carbons (Fsp3) is 0. The number of fused-ring (bicyclic) bond motifs is 2. The molecule has 6 nitrogen and oxygen atoms in total. The monoisotopic (exact) mass is 413 g/mol.